The van der Waals surface area contributed by atoms with Crippen molar-refractivity contribution < 1.29 is 12.8 Å². The highest BCUT2D eigenvalue weighted by molar-refractivity contribution is 7.89. The molecule has 0 radical (unpaired) electrons. The number of halogens is 1. The van der Waals surface area contributed by atoms with Gasteiger partial charge in [0.2, 0.25) is 10.0 Å². The summed E-state index contributed by atoms with van der Waals surface area (Å²) in [4.78, 5) is 14.0. The minimum Gasteiger partial charge on any atom is -0.369 e. The molecule has 3 aromatic rings. The van der Waals surface area contributed by atoms with E-state index in [1.807, 2.05) is 4.90 Å². The van der Waals surface area contributed by atoms with Gasteiger partial charge in [0.25, 0.3) is 5.56 Å². The number of sulfonamides is 1. The average molecular weight is 391 g/mol. The minimum atomic E-state index is -3.72. The van der Waals surface area contributed by atoms with E-state index in [9.17, 15) is 17.6 Å². The molecule has 0 bridgehead atoms. The largest absolute Gasteiger partial charge is 0.369 e. The van der Waals surface area contributed by atoms with Gasteiger partial charge in [0.15, 0.2) is 0 Å². The van der Waals surface area contributed by atoms with E-state index >= 15 is 0 Å². The molecule has 1 saturated heterocycles. The lowest BCUT2D eigenvalue weighted by Gasteiger charge is -2.35. The number of aromatic amines is 1. The van der Waals surface area contributed by atoms with E-state index in [1.54, 1.807) is 19.1 Å². The number of piperazine rings is 1. The maximum Gasteiger partial charge on any atom is 0.288 e. The van der Waals surface area contributed by atoms with Crippen LogP contribution in [0.5, 0.6) is 0 Å². The third-order valence-corrected chi connectivity index (χ3v) is 6.63. The lowest BCUT2D eigenvalue weighted by Crippen LogP contribution is -2.48. The van der Waals surface area contributed by atoms with E-state index in [0.717, 1.165) is 5.69 Å². The fraction of sp³-hybridized carbons (Fsp3) is 0.294. The molecule has 0 unspecified atom stereocenters. The van der Waals surface area contributed by atoms with Crippen molar-refractivity contribution in [3.05, 3.63) is 58.5 Å². The molecule has 1 fully saturated rings. The van der Waals surface area contributed by atoms with Crippen LogP contribution in [0.15, 0.2) is 46.2 Å². The zero-order valence-electron chi connectivity index (χ0n) is 14.6. The Labute approximate surface area is 154 Å². The summed E-state index contributed by atoms with van der Waals surface area (Å²) in [5.74, 6) is 0.188. The third-order valence-electron chi connectivity index (χ3n) is 4.76. The van der Waals surface area contributed by atoms with Gasteiger partial charge in [-0.15, -0.1) is 0 Å². The van der Waals surface area contributed by atoms with Crippen LogP contribution in [0, 0.1) is 12.7 Å². The molecular weight excluding hydrogens is 373 g/mol. The van der Waals surface area contributed by atoms with Crippen molar-refractivity contribution in [2.75, 3.05) is 31.1 Å². The van der Waals surface area contributed by atoms with E-state index in [2.05, 4.69) is 10.2 Å². The number of H-pyrrole nitrogens is 1. The molecule has 1 N–H and O–H groups in total. The quantitative estimate of drug-likeness (QED) is 0.719. The molecule has 0 saturated carbocycles. The molecule has 0 aliphatic carbocycles. The summed E-state index contributed by atoms with van der Waals surface area (Å²) in [5, 5.41) is 6.19. The zero-order chi connectivity index (χ0) is 19.2. The normalized spacial score (nSPS) is 16.1. The van der Waals surface area contributed by atoms with Gasteiger partial charge in [-0.2, -0.15) is 9.40 Å². The van der Waals surface area contributed by atoms with Gasteiger partial charge in [0.05, 0.1) is 0 Å². The maximum atomic E-state index is 13.1. The van der Waals surface area contributed by atoms with Gasteiger partial charge in [-0.1, -0.05) is 0 Å². The number of fused-ring (bicyclic) bond motifs is 1. The lowest BCUT2D eigenvalue weighted by atomic mass is 10.2. The highest BCUT2D eigenvalue weighted by atomic mass is 32.2. The first-order valence-electron chi connectivity index (χ1n) is 8.44. The fourth-order valence-corrected chi connectivity index (χ4v) is 4.69. The molecule has 0 spiro atoms. The van der Waals surface area contributed by atoms with Gasteiger partial charge >= 0.3 is 0 Å². The molecule has 10 heteroatoms. The molecule has 2 aromatic heterocycles. The van der Waals surface area contributed by atoms with Gasteiger partial charge in [-0.25, -0.2) is 17.9 Å². The molecule has 27 heavy (non-hydrogen) atoms. The van der Waals surface area contributed by atoms with Crippen molar-refractivity contribution in [1.29, 1.82) is 0 Å². The highest BCUT2D eigenvalue weighted by Crippen LogP contribution is 2.22. The average Bonchev–Trinajstić information content (AvgIpc) is 3.13. The highest BCUT2D eigenvalue weighted by Gasteiger charge is 2.30. The molecule has 0 atom stereocenters. The van der Waals surface area contributed by atoms with Crippen molar-refractivity contribution in [1.82, 2.24) is 18.9 Å². The fourth-order valence-electron chi connectivity index (χ4n) is 3.25. The van der Waals surface area contributed by atoms with E-state index in [-0.39, 0.29) is 16.2 Å². The van der Waals surface area contributed by atoms with Crippen molar-refractivity contribution in [2.45, 2.75) is 11.8 Å². The van der Waals surface area contributed by atoms with Gasteiger partial charge < -0.3 is 4.90 Å². The van der Waals surface area contributed by atoms with E-state index in [1.165, 1.54) is 33.1 Å². The number of aryl methyl sites for hydroxylation is 1. The third kappa shape index (κ3) is 3.10. The number of anilines is 1. The van der Waals surface area contributed by atoms with Crippen LogP contribution in [0.2, 0.25) is 0 Å². The second kappa shape index (κ2) is 6.46. The predicted octanol–water partition coefficient (Wildman–Crippen LogP) is 0.981. The van der Waals surface area contributed by atoms with Crippen molar-refractivity contribution in [3.8, 4) is 0 Å². The standard InChI is InChI=1S/C17H18FN5O3S/c1-12-19-20-17(24)16-10-15(11-23(12)16)27(25,26)22-8-6-21(7-9-22)14-4-2-13(18)3-5-14/h2-5,10-11H,6-9H2,1H3,(H,20,24). The van der Waals surface area contributed by atoms with Crippen LogP contribution in [0.3, 0.4) is 0 Å². The molecular formula is C17H18FN5O3S. The van der Waals surface area contributed by atoms with Gasteiger partial charge in [0.1, 0.15) is 22.1 Å². The Balaban J connectivity index is 1.57. The second-order valence-electron chi connectivity index (χ2n) is 6.40. The van der Waals surface area contributed by atoms with Gasteiger partial charge in [-0.05, 0) is 37.3 Å². The summed E-state index contributed by atoms with van der Waals surface area (Å²) in [7, 11) is -3.72. The van der Waals surface area contributed by atoms with Crippen molar-refractivity contribution in [3.63, 3.8) is 0 Å². The second-order valence-corrected chi connectivity index (χ2v) is 8.34. The van der Waals surface area contributed by atoms with E-state index in [4.69, 9.17) is 0 Å². The molecule has 4 rings (SSSR count). The summed E-state index contributed by atoms with van der Waals surface area (Å²) in [5.41, 5.74) is 0.658. The van der Waals surface area contributed by atoms with Crippen molar-refractivity contribution in [2.24, 2.45) is 0 Å². The molecule has 1 aromatic carbocycles. The molecule has 0 amide bonds. The van der Waals surface area contributed by atoms with Crippen LogP contribution in [0.25, 0.3) is 5.52 Å². The predicted molar refractivity (Wildman–Crippen MR) is 97.9 cm³/mol. The summed E-state index contributed by atoms with van der Waals surface area (Å²) < 4.78 is 41.9. The zero-order valence-corrected chi connectivity index (χ0v) is 15.4. The van der Waals surface area contributed by atoms with E-state index < -0.39 is 15.6 Å². The van der Waals surface area contributed by atoms with Gasteiger partial charge in [-0.3, -0.25) is 9.20 Å². The Morgan fingerprint density at radius 2 is 1.78 bits per heavy atom. The Kier molecular flexibility index (Phi) is 4.23. The lowest BCUT2D eigenvalue weighted by molar-refractivity contribution is 0.385. The Morgan fingerprint density at radius 1 is 1.11 bits per heavy atom. The van der Waals surface area contributed by atoms with Gasteiger partial charge in [0, 0.05) is 38.1 Å². The van der Waals surface area contributed by atoms with Crippen LogP contribution in [-0.2, 0) is 10.0 Å². The molecule has 1 aliphatic rings. The molecule has 3 heterocycles. The Morgan fingerprint density at radius 3 is 2.41 bits per heavy atom. The number of aromatic nitrogens is 3. The van der Waals surface area contributed by atoms with E-state index in [0.29, 0.717) is 32.0 Å². The molecule has 142 valence electrons. The number of hydrogen-bond acceptors (Lipinski definition) is 5. The number of benzene rings is 1. The molecule has 8 nitrogen and oxygen atoms in total. The number of hydrogen-bond donors (Lipinski definition) is 1. The Bertz CT molecular complexity index is 1150. The summed E-state index contributed by atoms with van der Waals surface area (Å²) >= 11 is 0. The Hall–Kier alpha value is -2.72. The van der Waals surface area contributed by atoms with Crippen LogP contribution in [0.4, 0.5) is 10.1 Å². The topological polar surface area (TPSA) is 90.8 Å². The number of rotatable bonds is 3. The first-order chi connectivity index (χ1) is 12.9. The maximum absolute atomic E-state index is 13.1. The number of nitrogens with zero attached hydrogens (tertiary/aromatic N) is 4. The van der Waals surface area contributed by atoms with Crippen molar-refractivity contribution >= 4 is 21.2 Å². The SMILES string of the molecule is Cc1n[nH]c(=O)c2cc(S(=O)(=O)N3CCN(c4ccc(F)cc4)CC3)cn12. The minimum absolute atomic E-state index is 0.0688. The van der Waals surface area contributed by atoms with Crippen LogP contribution >= 0.6 is 0 Å². The summed E-state index contributed by atoms with van der Waals surface area (Å²) in [6.07, 6.45) is 1.43. The molecule has 1 aliphatic heterocycles. The number of nitrogens with one attached hydrogen (secondary N) is 1. The summed E-state index contributed by atoms with van der Waals surface area (Å²) in [6, 6.07) is 7.51. The first-order valence-corrected chi connectivity index (χ1v) is 9.88. The summed E-state index contributed by atoms with van der Waals surface area (Å²) in [6.45, 7) is 3.29. The smallest absolute Gasteiger partial charge is 0.288 e. The monoisotopic (exact) mass is 391 g/mol. The van der Waals surface area contributed by atoms with Crippen LogP contribution < -0.4 is 10.5 Å². The van der Waals surface area contributed by atoms with Crippen LogP contribution in [0.1, 0.15) is 5.82 Å². The van der Waals surface area contributed by atoms with Crippen LogP contribution in [-0.4, -0.2) is 53.5 Å². The first kappa shape index (κ1) is 17.7.